The molecule has 12 heavy (non-hydrogen) atoms. The van der Waals surface area contributed by atoms with E-state index < -0.39 is 23.9 Å². The van der Waals surface area contributed by atoms with Crippen molar-refractivity contribution in [3.05, 3.63) is 0 Å². The lowest BCUT2D eigenvalue weighted by Crippen LogP contribution is -2.41. The Bertz CT molecular complexity index is 180. The van der Waals surface area contributed by atoms with Crippen molar-refractivity contribution in [1.82, 2.24) is 0 Å². The summed E-state index contributed by atoms with van der Waals surface area (Å²) in [4.78, 5) is 20.8. The van der Waals surface area contributed by atoms with Crippen LogP contribution < -0.4 is 5.73 Å². The predicted molar refractivity (Wildman–Crippen MR) is 41.6 cm³/mol. The van der Waals surface area contributed by atoms with E-state index in [1.165, 1.54) is 0 Å². The lowest BCUT2D eigenvalue weighted by atomic mass is 9.96. The Morgan fingerprint density at radius 1 is 1.33 bits per heavy atom. The first kappa shape index (κ1) is 10.9. The van der Waals surface area contributed by atoms with Crippen molar-refractivity contribution in [2.24, 2.45) is 11.7 Å². The zero-order valence-corrected chi connectivity index (χ0v) is 6.86. The third-order valence-corrected chi connectivity index (χ3v) is 1.64. The van der Waals surface area contributed by atoms with E-state index in [2.05, 4.69) is 0 Å². The second kappa shape index (κ2) is 4.71. The molecule has 0 aromatic heterocycles. The standard InChI is InChI=1S/C7H13NO4/c1-2-3-4(6(9)10)5(8)7(11)12/h4-5H,2-3,8H2,1H3,(H,9,10)(H,11,12)/t4-,5+/m1/s1. The molecular formula is C7H13NO4. The monoisotopic (exact) mass is 175 g/mol. The molecule has 0 aliphatic carbocycles. The molecule has 0 heterocycles. The highest BCUT2D eigenvalue weighted by atomic mass is 16.4. The highest BCUT2D eigenvalue weighted by Crippen LogP contribution is 2.10. The second-order valence-electron chi connectivity index (χ2n) is 2.60. The Kier molecular flexibility index (Phi) is 4.28. The van der Waals surface area contributed by atoms with Crippen molar-refractivity contribution in [3.8, 4) is 0 Å². The summed E-state index contributed by atoms with van der Waals surface area (Å²) >= 11 is 0. The fraction of sp³-hybridized carbons (Fsp3) is 0.714. The third kappa shape index (κ3) is 2.87. The summed E-state index contributed by atoms with van der Waals surface area (Å²) in [7, 11) is 0. The number of carboxylic acids is 2. The lowest BCUT2D eigenvalue weighted by Gasteiger charge is -2.14. The lowest BCUT2D eigenvalue weighted by molar-refractivity contribution is -0.150. The molecule has 4 N–H and O–H groups in total. The molecule has 0 aliphatic heterocycles. The van der Waals surface area contributed by atoms with Crippen molar-refractivity contribution in [2.45, 2.75) is 25.8 Å². The van der Waals surface area contributed by atoms with Crippen molar-refractivity contribution >= 4 is 11.9 Å². The molecular weight excluding hydrogens is 162 g/mol. The first-order valence-corrected chi connectivity index (χ1v) is 3.71. The van der Waals surface area contributed by atoms with E-state index in [0.717, 1.165) is 0 Å². The zero-order chi connectivity index (χ0) is 9.72. The molecule has 0 amide bonds. The Hall–Kier alpha value is -1.10. The van der Waals surface area contributed by atoms with E-state index in [-0.39, 0.29) is 0 Å². The maximum absolute atomic E-state index is 10.5. The predicted octanol–water partition coefficient (Wildman–Crippen LogP) is -0.101. The van der Waals surface area contributed by atoms with Crippen LogP contribution in [0.15, 0.2) is 0 Å². The summed E-state index contributed by atoms with van der Waals surface area (Å²) in [5.41, 5.74) is 5.17. The molecule has 0 spiro atoms. The Labute approximate surface area is 70.2 Å². The largest absolute Gasteiger partial charge is 0.481 e. The van der Waals surface area contributed by atoms with Gasteiger partial charge in [0.1, 0.15) is 6.04 Å². The number of hydrogen-bond acceptors (Lipinski definition) is 3. The van der Waals surface area contributed by atoms with Crippen molar-refractivity contribution < 1.29 is 19.8 Å². The van der Waals surface area contributed by atoms with Gasteiger partial charge < -0.3 is 15.9 Å². The van der Waals surface area contributed by atoms with E-state index >= 15 is 0 Å². The summed E-state index contributed by atoms with van der Waals surface area (Å²) in [5.74, 6) is -3.39. The van der Waals surface area contributed by atoms with Gasteiger partial charge in [-0.2, -0.15) is 0 Å². The van der Waals surface area contributed by atoms with Gasteiger partial charge in [0.05, 0.1) is 5.92 Å². The maximum atomic E-state index is 10.5. The average molecular weight is 175 g/mol. The van der Waals surface area contributed by atoms with Gasteiger partial charge in [0.2, 0.25) is 0 Å². The van der Waals surface area contributed by atoms with Crippen LogP contribution in [0, 0.1) is 5.92 Å². The number of carboxylic acid groups (broad SMARTS) is 2. The minimum absolute atomic E-state index is 0.294. The van der Waals surface area contributed by atoms with Gasteiger partial charge in [-0.3, -0.25) is 9.59 Å². The number of aliphatic carboxylic acids is 2. The number of hydrogen-bond donors (Lipinski definition) is 3. The molecule has 0 aliphatic rings. The molecule has 70 valence electrons. The molecule has 0 bridgehead atoms. The molecule has 0 radical (unpaired) electrons. The molecule has 5 nitrogen and oxygen atoms in total. The Balaban J connectivity index is 4.28. The van der Waals surface area contributed by atoms with Gasteiger partial charge in [-0.05, 0) is 6.42 Å². The van der Waals surface area contributed by atoms with Crippen molar-refractivity contribution in [1.29, 1.82) is 0 Å². The first-order chi connectivity index (χ1) is 5.50. The Morgan fingerprint density at radius 2 is 1.83 bits per heavy atom. The highest BCUT2D eigenvalue weighted by Gasteiger charge is 2.29. The van der Waals surface area contributed by atoms with Gasteiger partial charge in [-0.1, -0.05) is 13.3 Å². The summed E-state index contributed by atoms with van der Waals surface area (Å²) in [6.45, 7) is 1.78. The number of nitrogens with two attached hydrogens (primary N) is 1. The highest BCUT2D eigenvalue weighted by molar-refractivity contribution is 5.82. The molecule has 0 fully saturated rings. The zero-order valence-electron chi connectivity index (χ0n) is 6.86. The van der Waals surface area contributed by atoms with Crippen LogP contribution in [0.4, 0.5) is 0 Å². The number of carbonyl (C=O) groups is 2. The van der Waals surface area contributed by atoms with Gasteiger partial charge in [-0.15, -0.1) is 0 Å². The van der Waals surface area contributed by atoms with E-state index in [4.69, 9.17) is 15.9 Å². The molecule has 0 rings (SSSR count). The van der Waals surface area contributed by atoms with Gasteiger partial charge in [0, 0.05) is 0 Å². The molecule has 0 unspecified atom stereocenters. The van der Waals surface area contributed by atoms with Crippen LogP contribution in [-0.4, -0.2) is 28.2 Å². The van der Waals surface area contributed by atoms with E-state index in [0.29, 0.717) is 12.8 Å². The van der Waals surface area contributed by atoms with Crippen LogP contribution in [-0.2, 0) is 9.59 Å². The molecule has 0 aromatic carbocycles. The quantitative estimate of drug-likeness (QED) is 0.541. The van der Waals surface area contributed by atoms with Crippen LogP contribution in [0.5, 0.6) is 0 Å². The van der Waals surface area contributed by atoms with Gasteiger partial charge in [0.25, 0.3) is 0 Å². The van der Waals surface area contributed by atoms with Gasteiger partial charge in [-0.25, -0.2) is 0 Å². The number of rotatable bonds is 5. The van der Waals surface area contributed by atoms with Crippen LogP contribution in [0.1, 0.15) is 19.8 Å². The van der Waals surface area contributed by atoms with Gasteiger partial charge in [0.15, 0.2) is 0 Å². The van der Waals surface area contributed by atoms with E-state index in [9.17, 15) is 9.59 Å². The average Bonchev–Trinajstić information content (AvgIpc) is 1.98. The second-order valence-corrected chi connectivity index (χ2v) is 2.60. The summed E-state index contributed by atoms with van der Waals surface area (Å²) in [6.07, 6.45) is 0.904. The van der Waals surface area contributed by atoms with Gasteiger partial charge >= 0.3 is 11.9 Å². The molecule has 0 saturated heterocycles. The van der Waals surface area contributed by atoms with Crippen molar-refractivity contribution in [2.75, 3.05) is 0 Å². The summed E-state index contributed by atoms with van der Waals surface area (Å²) < 4.78 is 0. The SMILES string of the molecule is CCC[C@@H](C(=O)O)[C@H](N)C(=O)O. The fourth-order valence-electron chi connectivity index (χ4n) is 0.940. The minimum atomic E-state index is -1.30. The normalized spacial score (nSPS) is 15.2. The third-order valence-electron chi connectivity index (χ3n) is 1.64. The van der Waals surface area contributed by atoms with E-state index in [1.807, 2.05) is 0 Å². The van der Waals surface area contributed by atoms with Crippen LogP contribution in [0.3, 0.4) is 0 Å². The first-order valence-electron chi connectivity index (χ1n) is 3.71. The fourth-order valence-corrected chi connectivity index (χ4v) is 0.940. The topological polar surface area (TPSA) is 101 Å². The van der Waals surface area contributed by atoms with Crippen LogP contribution in [0.2, 0.25) is 0 Å². The smallest absolute Gasteiger partial charge is 0.321 e. The van der Waals surface area contributed by atoms with Crippen LogP contribution in [0.25, 0.3) is 0 Å². The molecule has 0 aromatic rings. The summed E-state index contributed by atoms with van der Waals surface area (Å²) in [6, 6.07) is -1.30. The minimum Gasteiger partial charge on any atom is -0.481 e. The van der Waals surface area contributed by atoms with Crippen LogP contribution >= 0.6 is 0 Å². The maximum Gasteiger partial charge on any atom is 0.321 e. The van der Waals surface area contributed by atoms with Crippen molar-refractivity contribution in [3.63, 3.8) is 0 Å². The molecule has 5 heteroatoms. The molecule has 2 atom stereocenters. The Morgan fingerprint density at radius 3 is 2.08 bits per heavy atom. The van der Waals surface area contributed by atoms with E-state index in [1.54, 1.807) is 6.92 Å². The molecule has 0 saturated carbocycles. The summed E-state index contributed by atoms with van der Waals surface area (Å²) in [5, 5.41) is 17.0.